The van der Waals surface area contributed by atoms with Crippen LogP contribution in [0.5, 0.6) is 5.75 Å². The van der Waals surface area contributed by atoms with Gasteiger partial charge in [-0.25, -0.2) is 4.98 Å². The monoisotopic (exact) mass is 431 g/mol. The van der Waals surface area contributed by atoms with Gasteiger partial charge in [0.05, 0.1) is 11.8 Å². The number of benzene rings is 1. The summed E-state index contributed by atoms with van der Waals surface area (Å²) in [6, 6.07) is 13.6. The van der Waals surface area contributed by atoms with Crippen molar-refractivity contribution in [3.8, 4) is 11.8 Å². The Morgan fingerprint density at radius 3 is 2.66 bits per heavy atom. The zero-order valence-electron chi connectivity index (χ0n) is 18.9. The van der Waals surface area contributed by atoms with E-state index in [1.807, 2.05) is 58.9 Å². The molecule has 1 aliphatic heterocycles. The van der Waals surface area contributed by atoms with Crippen molar-refractivity contribution in [3.63, 3.8) is 0 Å². The number of aromatic nitrogens is 2. The highest BCUT2D eigenvalue weighted by Crippen LogP contribution is 2.19. The van der Waals surface area contributed by atoms with Crippen molar-refractivity contribution in [3.05, 3.63) is 65.6 Å². The third-order valence-corrected chi connectivity index (χ3v) is 5.88. The Hall–Kier alpha value is -3.37. The molecule has 166 valence electrons. The normalized spacial score (nSPS) is 15.7. The predicted octanol–water partition coefficient (Wildman–Crippen LogP) is 3.53. The number of piperazine rings is 1. The lowest BCUT2D eigenvalue weighted by Gasteiger charge is -2.38. The van der Waals surface area contributed by atoms with Crippen LogP contribution in [-0.2, 0) is 6.61 Å². The largest absolute Gasteiger partial charge is 0.487 e. The molecule has 0 bridgehead atoms. The van der Waals surface area contributed by atoms with Gasteiger partial charge in [0.25, 0.3) is 5.91 Å². The second-order valence-electron chi connectivity index (χ2n) is 8.67. The van der Waals surface area contributed by atoms with E-state index >= 15 is 0 Å². The number of rotatable bonds is 6. The number of imidazole rings is 1. The molecule has 0 spiro atoms. The number of carbonyl (C=O) groups is 1. The summed E-state index contributed by atoms with van der Waals surface area (Å²) in [7, 11) is 0. The van der Waals surface area contributed by atoms with Gasteiger partial charge < -0.3 is 14.0 Å². The van der Waals surface area contributed by atoms with Crippen LogP contribution in [0.25, 0.3) is 5.65 Å². The van der Waals surface area contributed by atoms with Crippen molar-refractivity contribution in [1.29, 1.82) is 5.26 Å². The fraction of sp³-hybridized carbons (Fsp3) is 0.400. The van der Waals surface area contributed by atoms with Crippen LogP contribution < -0.4 is 4.74 Å². The molecule has 4 rings (SSSR count). The van der Waals surface area contributed by atoms with Crippen LogP contribution in [0, 0.1) is 24.2 Å². The lowest BCUT2D eigenvalue weighted by Crippen LogP contribution is -2.52. The van der Waals surface area contributed by atoms with Gasteiger partial charge in [-0.1, -0.05) is 26.0 Å². The summed E-state index contributed by atoms with van der Waals surface area (Å²) in [5.41, 5.74) is 3.50. The lowest BCUT2D eigenvalue weighted by atomic mass is 10.0. The fourth-order valence-corrected chi connectivity index (χ4v) is 4.14. The van der Waals surface area contributed by atoms with Crippen LogP contribution in [-0.4, -0.2) is 57.3 Å². The number of fused-ring (bicyclic) bond motifs is 1. The van der Waals surface area contributed by atoms with Crippen molar-refractivity contribution in [2.75, 3.05) is 26.2 Å². The first-order valence-electron chi connectivity index (χ1n) is 11.0. The Bertz CT molecular complexity index is 1140. The number of hydrogen-bond donors (Lipinski definition) is 0. The Balaban J connectivity index is 1.37. The van der Waals surface area contributed by atoms with Crippen LogP contribution in [0.15, 0.2) is 48.8 Å². The first kappa shape index (κ1) is 21.8. The van der Waals surface area contributed by atoms with Crippen molar-refractivity contribution < 1.29 is 9.53 Å². The number of carbonyl (C=O) groups excluding carboxylic acids is 1. The van der Waals surface area contributed by atoms with Crippen molar-refractivity contribution in [1.82, 2.24) is 19.2 Å². The molecule has 32 heavy (non-hydrogen) atoms. The number of nitriles is 1. The maximum Gasteiger partial charge on any atom is 0.254 e. The Kier molecular flexibility index (Phi) is 6.42. The quantitative estimate of drug-likeness (QED) is 0.597. The molecule has 3 aromatic rings. The molecular weight excluding hydrogens is 402 g/mol. The molecule has 1 atom stereocenters. The van der Waals surface area contributed by atoms with Gasteiger partial charge in [0, 0.05) is 44.1 Å². The standard InChI is InChI=1S/C25H29N5O2/c1-18(2)23(14-26)28-9-11-29(12-10-28)25(31)20-5-4-6-22(13-20)32-17-21-16-30-15-19(3)7-8-24(30)27-21/h4-8,13,15-16,18,23H,9-12,17H2,1-3H3. The van der Waals surface area contributed by atoms with E-state index in [1.165, 1.54) is 5.56 Å². The molecule has 7 nitrogen and oxygen atoms in total. The minimum Gasteiger partial charge on any atom is -0.487 e. The summed E-state index contributed by atoms with van der Waals surface area (Å²) in [6.07, 6.45) is 3.99. The average molecular weight is 432 g/mol. The van der Waals surface area contributed by atoms with Crippen molar-refractivity contribution in [2.24, 2.45) is 5.92 Å². The summed E-state index contributed by atoms with van der Waals surface area (Å²) in [4.78, 5) is 21.6. The van der Waals surface area contributed by atoms with Crippen LogP contribution >= 0.6 is 0 Å². The molecule has 1 aliphatic rings. The minimum atomic E-state index is -0.104. The highest BCUT2D eigenvalue weighted by Gasteiger charge is 2.28. The number of pyridine rings is 1. The van der Waals surface area contributed by atoms with Gasteiger partial charge in [-0.2, -0.15) is 5.26 Å². The molecule has 7 heteroatoms. The van der Waals surface area contributed by atoms with Crippen molar-refractivity contribution >= 4 is 11.6 Å². The molecule has 2 aromatic heterocycles. The molecule has 1 aromatic carbocycles. The average Bonchev–Trinajstić information content (AvgIpc) is 3.20. The molecule has 1 fully saturated rings. The molecule has 0 radical (unpaired) electrons. The maximum atomic E-state index is 13.0. The number of amides is 1. The van der Waals surface area contributed by atoms with E-state index < -0.39 is 0 Å². The van der Waals surface area contributed by atoms with Gasteiger partial charge in [0.1, 0.15) is 24.0 Å². The van der Waals surface area contributed by atoms with E-state index in [0.29, 0.717) is 44.1 Å². The van der Waals surface area contributed by atoms with Crippen LogP contribution in [0.2, 0.25) is 0 Å². The predicted molar refractivity (Wildman–Crippen MR) is 122 cm³/mol. The SMILES string of the molecule is Cc1ccc2nc(COc3cccc(C(=O)N4CCN(C(C#N)C(C)C)CC4)c3)cn2c1. The van der Waals surface area contributed by atoms with Gasteiger partial charge in [-0.3, -0.25) is 9.69 Å². The maximum absolute atomic E-state index is 13.0. The topological polar surface area (TPSA) is 73.9 Å². The molecule has 1 saturated heterocycles. The van der Waals surface area contributed by atoms with E-state index in [1.54, 1.807) is 6.07 Å². The van der Waals surface area contributed by atoms with E-state index in [-0.39, 0.29) is 17.9 Å². The third-order valence-electron chi connectivity index (χ3n) is 5.88. The molecule has 3 heterocycles. The highest BCUT2D eigenvalue weighted by atomic mass is 16.5. The number of nitrogens with zero attached hydrogens (tertiary/aromatic N) is 5. The zero-order valence-corrected chi connectivity index (χ0v) is 18.9. The van der Waals surface area contributed by atoms with Gasteiger partial charge in [-0.05, 0) is 42.7 Å². The fourth-order valence-electron chi connectivity index (χ4n) is 4.14. The summed E-state index contributed by atoms with van der Waals surface area (Å²) >= 11 is 0. The van der Waals surface area contributed by atoms with Crippen molar-refractivity contribution in [2.45, 2.75) is 33.4 Å². The number of ether oxygens (including phenoxy) is 1. The van der Waals surface area contributed by atoms with Crippen LogP contribution in [0.4, 0.5) is 0 Å². The second kappa shape index (κ2) is 9.41. The summed E-state index contributed by atoms with van der Waals surface area (Å²) < 4.78 is 7.92. The van der Waals surface area contributed by atoms with E-state index in [9.17, 15) is 10.1 Å². The smallest absolute Gasteiger partial charge is 0.254 e. The summed E-state index contributed by atoms with van der Waals surface area (Å²) in [5, 5.41) is 9.43. The molecule has 0 N–H and O–H groups in total. The highest BCUT2D eigenvalue weighted by molar-refractivity contribution is 5.94. The summed E-state index contributed by atoms with van der Waals surface area (Å²) in [6.45, 7) is 9.17. The zero-order chi connectivity index (χ0) is 22.7. The van der Waals surface area contributed by atoms with E-state index in [4.69, 9.17) is 4.74 Å². The van der Waals surface area contributed by atoms with Crippen LogP contribution in [0.1, 0.15) is 35.5 Å². The molecular formula is C25H29N5O2. The van der Waals surface area contributed by atoms with E-state index in [2.05, 4.69) is 29.8 Å². The number of hydrogen-bond acceptors (Lipinski definition) is 5. The second-order valence-corrected chi connectivity index (χ2v) is 8.67. The molecule has 1 amide bonds. The first-order chi connectivity index (χ1) is 15.4. The third kappa shape index (κ3) is 4.76. The van der Waals surface area contributed by atoms with Crippen LogP contribution in [0.3, 0.4) is 0 Å². The lowest BCUT2D eigenvalue weighted by molar-refractivity contribution is 0.0576. The summed E-state index contributed by atoms with van der Waals surface area (Å²) in [5.74, 6) is 0.913. The van der Waals surface area contributed by atoms with Gasteiger partial charge in [-0.15, -0.1) is 0 Å². The van der Waals surface area contributed by atoms with Gasteiger partial charge in [0.15, 0.2) is 0 Å². The number of aryl methyl sites for hydroxylation is 1. The van der Waals surface area contributed by atoms with Gasteiger partial charge in [0.2, 0.25) is 0 Å². The Morgan fingerprint density at radius 2 is 1.94 bits per heavy atom. The minimum absolute atomic E-state index is 0.00337. The Morgan fingerprint density at radius 1 is 1.16 bits per heavy atom. The molecule has 1 unspecified atom stereocenters. The van der Waals surface area contributed by atoms with E-state index in [0.717, 1.165) is 11.3 Å². The van der Waals surface area contributed by atoms with Gasteiger partial charge >= 0.3 is 0 Å². The molecule has 0 aliphatic carbocycles. The first-order valence-corrected chi connectivity index (χ1v) is 11.0. The Labute approximate surface area is 188 Å². The molecule has 0 saturated carbocycles.